The Morgan fingerprint density at radius 3 is 1.11 bits per heavy atom. The molecular weight excluding hydrogens is 584 g/mol. The van der Waals surface area contributed by atoms with Gasteiger partial charge in [-0.25, -0.2) is 0 Å². The molecule has 0 unspecified atom stereocenters. The fraction of sp³-hybridized carbons (Fsp3) is 0.412. The van der Waals surface area contributed by atoms with E-state index < -0.39 is 42.8 Å². The first-order valence-corrected chi connectivity index (χ1v) is 14.9. The zero-order valence-electron chi connectivity index (χ0n) is 24.8. The molecule has 11 nitrogen and oxygen atoms in total. The van der Waals surface area contributed by atoms with Gasteiger partial charge in [0.05, 0.1) is 52.5 Å². The van der Waals surface area contributed by atoms with E-state index in [1.54, 1.807) is 0 Å². The number of hydrogen-bond donors (Lipinski definition) is 1. The third-order valence-corrected chi connectivity index (χ3v) is 6.96. The summed E-state index contributed by atoms with van der Waals surface area (Å²) in [6, 6.07) is 28.8. The van der Waals surface area contributed by atoms with Crippen molar-refractivity contribution in [2.45, 2.75) is 50.0 Å². The van der Waals surface area contributed by atoms with E-state index in [0.29, 0.717) is 13.2 Å². The number of benzene rings is 3. The predicted octanol–water partition coefficient (Wildman–Crippen LogP) is 4.17. The number of rotatable bonds is 8. The normalized spacial score (nSPS) is 26.5. The minimum atomic E-state index is -0.506. The van der Waals surface area contributed by atoms with Gasteiger partial charge in [-0.3, -0.25) is 9.59 Å². The molecule has 0 atom stereocenters. The third kappa shape index (κ3) is 10.4. The second kappa shape index (κ2) is 17.1. The Hall–Kier alpha value is -3.68. The van der Waals surface area contributed by atoms with E-state index >= 15 is 0 Å². The molecule has 0 radical (unpaired) electrons. The molecule has 11 heteroatoms. The van der Waals surface area contributed by atoms with Crippen molar-refractivity contribution in [3.63, 3.8) is 0 Å². The standard InChI is InChI=1S/C24H26O8.C10H12O3/c25-21(31-19-13-27-23(28-14-19)17-7-3-1-4-8-17)11-12-22(26)32-20-15-29-24(30-16-20)18-9-5-2-6-10-18;11-9-6-12-10(13-7-9)8-4-2-1-3-5-8/h1-10,19-20,23-24H,11-16H2;1-5,9-11H,6-7H2. The van der Waals surface area contributed by atoms with Gasteiger partial charge in [0.25, 0.3) is 0 Å². The lowest BCUT2D eigenvalue weighted by molar-refractivity contribution is -0.231. The first-order valence-electron chi connectivity index (χ1n) is 14.9. The van der Waals surface area contributed by atoms with E-state index in [0.717, 1.165) is 16.7 Å². The van der Waals surface area contributed by atoms with Gasteiger partial charge in [0.15, 0.2) is 18.9 Å². The molecule has 0 aliphatic carbocycles. The Bertz CT molecular complexity index is 1210. The molecule has 3 fully saturated rings. The fourth-order valence-corrected chi connectivity index (χ4v) is 4.70. The van der Waals surface area contributed by atoms with Crippen molar-refractivity contribution in [1.29, 1.82) is 0 Å². The maximum atomic E-state index is 12.1. The van der Waals surface area contributed by atoms with Crippen molar-refractivity contribution in [2.75, 3.05) is 39.6 Å². The summed E-state index contributed by atoms with van der Waals surface area (Å²) in [5.74, 6) is -1.00. The van der Waals surface area contributed by atoms with Crippen molar-refractivity contribution in [1.82, 2.24) is 0 Å². The predicted molar refractivity (Wildman–Crippen MR) is 158 cm³/mol. The third-order valence-electron chi connectivity index (χ3n) is 6.96. The van der Waals surface area contributed by atoms with Crippen LogP contribution in [0.15, 0.2) is 91.0 Å². The molecule has 3 saturated heterocycles. The monoisotopic (exact) mass is 622 g/mol. The van der Waals surface area contributed by atoms with E-state index in [2.05, 4.69) is 0 Å². The van der Waals surface area contributed by atoms with Crippen LogP contribution in [0.4, 0.5) is 0 Å². The number of aliphatic hydroxyl groups is 1. The molecule has 3 aromatic rings. The molecule has 240 valence electrons. The highest BCUT2D eigenvalue weighted by Crippen LogP contribution is 2.25. The first kappa shape index (κ1) is 32.7. The minimum absolute atomic E-state index is 0.0848. The number of hydrogen-bond acceptors (Lipinski definition) is 11. The van der Waals surface area contributed by atoms with Crippen LogP contribution in [0.25, 0.3) is 0 Å². The highest BCUT2D eigenvalue weighted by Gasteiger charge is 2.28. The molecule has 3 aliphatic rings. The Labute approximate surface area is 261 Å². The van der Waals surface area contributed by atoms with E-state index in [1.807, 2.05) is 91.0 Å². The highest BCUT2D eigenvalue weighted by molar-refractivity contribution is 5.77. The van der Waals surface area contributed by atoms with Gasteiger partial charge >= 0.3 is 11.9 Å². The summed E-state index contributed by atoms with van der Waals surface area (Å²) in [6.45, 7) is 1.62. The lowest BCUT2D eigenvalue weighted by Gasteiger charge is -2.29. The number of ether oxygens (including phenoxy) is 8. The molecule has 3 aliphatic heterocycles. The number of aliphatic hydroxyl groups excluding tert-OH is 1. The topological polar surface area (TPSA) is 128 Å². The molecule has 0 bridgehead atoms. The van der Waals surface area contributed by atoms with Gasteiger partial charge in [-0.15, -0.1) is 0 Å². The van der Waals surface area contributed by atoms with Gasteiger partial charge in [-0.05, 0) is 0 Å². The zero-order chi connectivity index (χ0) is 31.3. The van der Waals surface area contributed by atoms with Crippen molar-refractivity contribution >= 4 is 11.9 Å². The number of carbonyl (C=O) groups excluding carboxylic acids is 2. The van der Waals surface area contributed by atoms with E-state index in [4.69, 9.17) is 43.0 Å². The second-order valence-corrected chi connectivity index (χ2v) is 10.6. The Balaban J connectivity index is 0.000000256. The van der Waals surface area contributed by atoms with Crippen LogP contribution >= 0.6 is 0 Å². The van der Waals surface area contributed by atoms with Gasteiger partial charge in [0.2, 0.25) is 0 Å². The van der Waals surface area contributed by atoms with Crippen LogP contribution in [-0.2, 0) is 47.5 Å². The van der Waals surface area contributed by atoms with Gasteiger partial charge in [-0.1, -0.05) is 91.0 Å². The number of carbonyl (C=O) groups is 2. The van der Waals surface area contributed by atoms with Gasteiger partial charge in [0, 0.05) is 16.7 Å². The van der Waals surface area contributed by atoms with Crippen LogP contribution in [-0.4, -0.2) is 75.0 Å². The largest absolute Gasteiger partial charge is 0.457 e. The lowest BCUT2D eigenvalue weighted by atomic mass is 10.2. The molecule has 0 spiro atoms. The smallest absolute Gasteiger partial charge is 0.306 e. The van der Waals surface area contributed by atoms with Crippen LogP contribution in [0.3, 0.4) is 0 Å². The van der Waals surface area contributed by atoms with Gasteiger partial charge < -0.3 is 43.0 Å². The summed E-state index contributed by atoms with van der Waals surface area (Å²) in [5.41, 5.74) is 2.81. The Kier molecular flexibility index (Phi) is 12.5. The minimum Gasteiger partial charge on any atom is -0.457 e. The van der Waals surface area contributed by atoms with Crippen molar-refractivity contribution in [3.8, 4) is 0 Å². The van der Waals surface area contributed by atoms with Crippen LogP contribution in [0, 0.1) is 0 Å². The van der Waals surface area contributed by atoms with Crippen molar-refractivity contribution < 1.29 is 52.6 Å². The summed E-state index contributed by atoms with van der Waals surface area (Å²) in [4.78, 5) is 24.1. The summed E-state index contributed by atoms with van der Waals surface area (Å²) in [5, 5.41) is 9.12. The average molecular weight is 623 g/mol. The molecule has 0 aromatic heterocycles. The molecule has 3 heterocycles. The average Bonchev–Trinajstić information content (AvgIpc) is 3.10. The zero-order valence-corrected chi connectivity index (χ0v) is 24.8. The maximum absolute atomic E-state index is 12.1. The molecule has 1 N–H and O–H groups in total. The summed E-state index contributed by atoms with van der Waals surface area (Å²) in [6.07, 6.45) is -2.92. The Morgan fingerprint density at radius 2 is 0.800 bits per heavy atom. The summed E-state index contributed by atoms with van der Waals surface area (Å²) >= 11 is 0. The summed E-state index contributed by atoms with van der Waals surface area (Å²) in [7, 11) is 0. The molecular formula is C34H38O11. The van der Waals surface area contributed by atoms with Crippen LogP contribution in [0.2, 0.25) is 0 Å². The SMILES string of the molecule is O=C(CCC(=O)OC1COC(c2ccccc2)OC1)OC1COC(c2ccccc2)OC1.OC1COC(c2ccccc2)OC1. The van der Waals surface area contributed by atoms with E-state index in [1.165, 1.54) is 0 Å². The first-order chi connectivity index (χ1) is 22.0. The summed E-state index contributed by atoms with van der Waals surface area (Å²) < 4.78 is 43.8. The Morgan fingerprint density at radius 1 is 0.511 bits per heavy atom. The van der Waals surface area contributed by atoms with Crippen LogP contribution < -0.4 is 0 Å². The fourth-order valence-electron chi connectivity index (χ4n) is 4.70. The molecule has 3 aromatic carbocycles. The molecule has 0 saturated carbocycles. The number of esters is 2. The lowest BCUT2D eigenvalue weighted by Crippen LogP contribution is -2.36. The van der Waals surface area contributed by atoms with E-state index in [9.17, 15) is 9.59 Å². The highest BCUT2D eigenvalue weighted by atomic mass is 16.7. The van der Waals surface area contributed by atoms with Gasteiger partial charge in [0.1, 0.15) is 18.3 Å². The van der Waals surface area contributed by atoms with E-state index in [-0.39, 0.29) is 45.6 Å². The quantitative estimate of drug-likeness (QED) is 0.364. The van der Waals surface area contributed by atoms with Crippen molar-refractivity contribution in [3.05, 3.63) is 108 Å². The molecule has 0 amide bonds. The maximum Gasteiger partial charge on any atom is 0.306 e. The van der Waals surface area contributed by atoms with Crippen LogP contribution in [0.1, 0.15) is 48.4 Å². The second-order valence-electron chi connectivity index (χ2n) is 10.6. The van der Waals surface area contributed by atoms with Gasteiger partial charge in [-0.2, -0.15) is 0 Å². The van der Waals surface area contributed by atoms with Crippen molar-refractivity contribution in [2.24, 2.45) is 0 Å². The van der Waals surface area contributed by atoms with Crippen LogP contribution in [0.5, 0.6) is 0 Å². The molecule has 45 heavy (non-hydrogen) atoms. The molecule has 6 rings (SSSR count).